The van der Waals surface area contributed by atoms with Crippen molar-refractivity contribution < 1.29 is 0 Å². The third-order valence-corrected chi connectivity index (χ3v) is 5.36. The van der Waals surface area contributed by atoms with Crippen LogP contribution in [0.25, 0.3) is 10.2 Å². The standard InChI is InChI=1S/C15H18N4S2/c1-7-5-11(10(4)20-7)9(3)17-13-12-6-8(2)21-14(12)19-15(16)18-13/h5-6,9H,1-4H3,(H3,16,17,18,19). The zero-order valence-corrected chi connectivity index (χ0v) is 14.2. The van der Waals surface area contributed by atoms with Crippen molar-refractivity contribution in [3.8, 4) is 0 Å². The van der Waals surface area contributed by atoms with Crippen molar-refractivity contribution in [3.63, 3.8) is 0 Å². The van der Waals surface area contributed by atoms with Gasteiger partial charge in [-0.1, -0.05) is 0 Å². The second-order valence-electron chi connectivity index (χ2n) is 5.24. The van der Waals surface area contributed by atoms with E-state index in [9.17, 15) is 0 Å². The van der Waals surface area contributed by atoms with Crippen LogP contribution in [0.4, 0.5) is 11.8 Å². The van der Waals surface area contributed by atoms with Gasteiger partial charge in [-0.05, 0) is 45.4 Å². The summed E-state index contributed by atoms with van der Waals surface area (Å²) in [6.45, 7) is 8.51. The Balaban J connectivity index is 1.99. The summed E-state index contributed by atoms with van der Waals surface area (Å²) in [6, 6.07) is 4.53. The van der Waals surface area contributed by atoms with Crippen LogP contribution in [0, 0.1) is 20.8 Å². The summed E-state index contributed by atoms with van der Waals surface area (Å²) in [7, 11) is 0. The molecular formula is C15H18N4S2. The molecule has 4 nitrogen and oxygen atoms in total. The normalized spacial score (nSPS) is 12.8. The van der Waals surface area contributed by atoms with E-state index in [4.69, 9.17) is 5.73 Å². The van der Waals surface area contributed by atoms with Crippen molar-refractivity contribution in [1.29, 1.82) is 0 Å². The number of fused-ring (bicyclic) bond motifs is 1. The molecule has 0 aliphatic carbocycles. The first-order chi connectivity index (χ1) is 9.94. The predicted octanol–water partition coefficient (Wildman–Crippen LogP) is 4.43. The van der Waals surface area contributed by atoms with Gasteiger partial charge in [0.1, 0.15) is 10.6 Å². The summed E-state index contributed by atoms with van der Waals surface area (Å²) in [5.41, 5.74) is 7.14. The number of nitrogens with one attached hydrogen (secondary N) is 1. The van der Waals surface area contributed by atoms with Crippen LogP contribution in [-0.2, 0) is 0 Å². The molecule has 21 heavy (non-hydrogen) atoms. The summed E-state index contributed by atoms with van der Waals surface area (Å²) in [5, 5.41) is 4.54. The Labute approximate surface area is 132 Å². The molecule has 0 aliphatic heterocycles. The van der Waals surface area contributed by atoms with Gasteiger partial charge in [-0.2, -0.15) is 4.98 Å². The highest BCUT2D eigenvalue weighted by atomic mass is 32.1. The number of hydrogen-bond donors (Lipinski definition) is 2. The van der Waals surface area contributed by atoms with E-state index in [1.165, 1.54) is 20.2 Å². The lowest BCUT2D eigenvalue weighted by Crippen LogP contribution is -2.09. The molecular weight excluding hydrogens is 300 g/mol. The zero-order valence-electron chi connectivity index (χ0n) is 12.5. The maximum absolute atomic E-state index is 5.83. The third kappa shape index (κ3) is 2.73. The van der Waals surface area contributed by atoms with Crippen molar-refractivity contribution >= 4 is 44.7 Å². The maximum atomic E-state index is 5.83. The SMILES string of the molecule is Cc1cc(C(C)Nc2nc(N)nc3sc(C)cc23)c(C)s1. The molecule has 0 radical (unpaired) electrons. The number of nitrogen functional groups attached to an aromatic ring is 1. The first-order valence-electron chi connectivity index (χ1n) is 6.81. The number of anilines is 2. The van der Waals surface area contributed by atoms with Crippen LogP contribution in [0.1, 0.15) is 33.2 Å². The Hall–Kier alpha value is -1.66. The van der Waals surface area contributed by atoms with Gasteiger partial charge >= 0.3 is 0 Å². The lowest BCUT2D eigenvalue weighted by molar-refractivity contribution is 0.874. The molecule has 3 aromatic rings. The summed E-state index contributed by atoms with van der Waals surface area (Å²) < 4.78 is 0. The minimum absolute atomic E-state index is 0.188. The van der Waals surface area contributed by atoms with E-state index < -0.39 is 0 Å². The Morgan fingerprint density at radius 2 is 1.81 bits per heavy atom. The fourth-order valence-electron chi connectivity index (χ4n) is 2.53. The number of nitrogens with zero attached hydrogens (tertiary/aromatic N) is 2. The van der Waals surface area contributed by atoms with E-state index in [2.05, 4.69) is 55.1 Å². The quantitative estimate of drug-likeness (QED) is 0.749. The molecule has 0 aliphatic rings. The van der Waals surface area contributed by atoms with Crippen LogP contribution in [-0.4, -0.2) is 9.97 Å². The molecule has 3 N–H and O–H groups in total. The number of aryl methyl sites for hydroxylation is 3. The second-order valence-corrected chi connectivity index (χ2v) is 7.94. The number of thiophene rings is 2. The highest BCUT2D eigenvalue weighted by Gasteiger charge is 2.15. The van der Waals surface area contributed by atoms with E-state index in [-0.39, 0.29) is 6.04 Å². The summed E-state index contributed by atoms with van der Waals surface area (Å²) >= 11 is 3.47. The summed E-state index contributed by atoms with van der Waals surface area (Å²) in [5.74, 6) is 1.13. The van der Waals surface area contributed by atoms with Gasteiger partial charge in [0.05, 0.1) is 11.4 Å². The second kappa shape index (κ2) is 5.27. The van der Waals surface area contributed by atoms with Crippen LogP contribution >= 0.6 is 22.7 Å². The first-order valence-corrected chi connectivity index (χ1v) is 8.44. The molecule has 0 saturated carbocycles. The highest BCUT2D eigenvalue weighted by Crippen LogP contribution is 2.33. The highest BCUT2D eigenvalue weighted by molar-refractivity contribution is 7.18. The Morgan fingerprint density at radius 1 is 1.10 bits per heavy atom. The number of aromatic nitrogens is 2. The fourth-order valence-corrected chi connectivity index (χ4v) is 4.44. The molecule has 0 bridgehead atoms. The van der Waals surface area contributed by atoms with Crippen LogP contribution in [0.2, 0.25) is 0 Å². The molecule has 3 heterocycles. The maximum Gasteiger partial charge on any atom is 0.223 e. The smallest absolute Gasteiger partial charge is 0.223 e. The van der Waals surface area contributed by atoms with Crippen LogP contribution < -0.4 is 11.1 Å². The Bertz CT molecular complexity index is 803. The van der Waals surface area contributed by atoms with Crippen molar-refractivity contribution in [1.82, 2.24) is 9.97 Å². The average molecular weight is 318 g/mol. The average Bonchev–Trinajstić information content (AvgIpc) is 2.91. The summed E-state index contributed by atoms with van der Waals surface area (Å²) in [4.78, 5) is 13.5. The largest absolute Gasteiger partial charge is 0.368 e. The minimum Gasteiger partial charge on any atom is -0.368 e. The van der Waals surface area contributed by atoms with E-state index in [1.54, 1.807) is 11.3 Å². The van der Waals surface area contributed by atoms with Crippen LogP contribution in [0.3, 0.4) is 0 Å². The fraction of sp³-hybridized carbons (Fsp3) is 0.333. The van der Waals surface area contributed by atoms with E-state index in [0.29, 0.717) is 5.95 Å². The molecule has 110 valence electrons. The number of nitrogens with two attached hydrogens (primary N) is 1. The summed E-state index contributed by atoms with van der Waals surface area (Å²) in [6.07, 6.45) is 0. The molecule has 0 saturated heterocycles. The van der Waals surface area contributed by atoms with E-state index in [1.807, 2.05) is 11.3 Å². The van der Waals surface area contributed by atoms with Crippen molar-refractivity contribution in [2.24, 2.45) is 0 Å². The molecule has 0 aromatic carbocycles. The van der Waals surface area contributed by atoms with E-state index in [0.717, 1.165) is 16.0 Å². The van der Waals surface area contributed by atoms with Gasteiger partial charge in [-0.15, -0.1) is 22.7 Å². The van der Waals surface area contributed by atoms with Gasteiger partial charge in [0.2, 0.25) is 5.95 Å². The minimum atomic E-state index is 0.188. The van der Waals surface area contributed by atoms with Gasteiger partial charge in [0, 0.05) is 14.6 Å². The first kappa shape index (κ1) is 14.3. The Morgan fingerprint density at radius 3 is 2.48 bits per heavy atom. The van der Waals surface area contributed by atoms with Gasteiger partial charge < -0.3 is 11.1 Å². The topological polar surface area (TPSA) is 63.8 Å². The van der Waals surface area contributed by atoms with Crippen LogP contribution in [0.5, 0.6) is 0 Å². The van der Waals surface area contributed by atoms with Gasteiger partial charge in [-0.25, -0.2) is 4.98 Å². The zero-order chi connectivity index (χ0) is 15.1. The van der Waals surface area contributed by atoms with Gasteiger partial charge in [-0.3, -0.25) is 0 Å². The third-order valence-electron chi connectivity index (χ3n) is 3.43. The van der Waals surface area contributed by atoms with E-state index >= 15 is 0 Å². The molecule has 3 aromatic heterocycles. The lowest BCUT2D eigenvalue weighted by atomic mass is 10.1. The Kier molecular flexibility index (Phi) is 3.59. The molecule has 0 fully saturated rings. The van der Waals surface area contributed by atoms with Gasteiger partial charge in [0.15, 0.2) is 0 Å². The molecule has 3 rings (SSSR count). The lowest BCUT2D eigenvalue weighted by Gasteiger charge is -2.15. The van der Waals surface area contributed by atoms with Crippen molar-refractivity contribution in [3.05, 3.63) is 32.3 Å². The monoisotopic (exact) mass is 318 g/mol. The molecule has 6 heteroatoms. The van der Waals surface area contributed by atoms with Crippen molar-refractivity contribution in [2.75, 3.05) is 11.1 Å². The van der Waals surface area contributed by atoms with Crippen molar-refractivity contribution in [2.45, 2.75) is 33.7 Å². The predicted molar refractivity (Wildman–Crippen MR) is 92.4 cm³/mol. The molecule has 1 atom stereocenters. The number of rotatable bonds is 3. The molecule has 0 amide bonds. The van der Waals surface area contributed by atoms with Gasteiger partial charge in [0.25, 0.3) is 0 Å². The van der Waals surface area contributed by atoms with Crippen LogP contribution in [0.15, 0.2) is 12.1 Å². The number of hydrogen-bond acceptors (Lipinski definition) is 6. The molecule has 1 unspecified atom stereocenters. The molecule has 0 spiro atoms.